The number of thiocyanates is 1. The summed E-state index contributed by atoms with van der Waals surface area (Å²) >= 11 is 6.54. The average Bonchev–Trinajstić information content (AvgIpc) is 2.54. The summed E-state index contributed by atoms with van der Waals surface area (Å²) in [6, 6.07) is 11.9. The molecule has 2 rings (SSSR count). The Kier molecular flexibility index (Phi) is 5.64. The maximum atomic E-state index is 14.0. The third kappa shape index (κ3) is 4.13. The summed E-state index contributed by atoms with van der Waals surface area (Å²) in [6.45, 7) is 0.0738. The van der Waals surface area contributed by atoms with Gasteiger partial charge >= 0.3 is 6.09 Å². The number of benzene rings is 2. The number of nitriles is 1. The Labute approximate surface area is 135 Å². The van der Waals surface area contributed by atoms with Gasteiger partial charge in [0.2, 0.25) is 0 Å². The van der Waals surface area contributed by atoms with Gasteiger partial charge in [-0.05, 0) is 29.5 Å². The van der Waals surface area contributed by atoms with Crippen molar-refractivity contribution >= 4 is 35.1 Å². The summed E-state index contributed by atoms with van der Waals surface area (Å²) < 4.78 is 19.0. The first-order valence-corrected chi connectivity index (χ1v) is 7.33. The minimum absolute atomic E-state index is 0.0738. The number of anilines is 1. The van der Waals surface area contributed by atoms with Crippen molar-refractivity contribution in [1.82, 2.24) is 0 Å². The van der Waals surface area contributed by atoms with Gasteiger partial charge in [-0.1, -0.05) is 41.9 Å². The fourth-order valence-corrected chi connectivity index (χ4v) is 2.32. The van der Waals surface area contributed by atoms with Gasteiger partial charge in [0.15, 0.2) is 5.82 Å². The number of nitrogens with one attached hydrogen (secondary N) is 1. The van der Waals surface area contributed by atoms with Crippen molar-refractivity contribution in [2.24, 2.45) is 0 Å². The number of thioether (sulfide) groups is 1. The lowest BCUT2D eigenvalue weighted by atomic mass is 10.2. The zero-order valence-electron chi connectivity index (χ0n) is 11.2. The van der Waals surface area contributed by atoms with Crippen molar-refractivity contribution in [3.05, 3.63) is 58.9 Å². The molecule has 0 radical (unpaired) electrons. The van der Waals surface area contributed by atoms with Crippen LogP contribution in [0.15, 0.2) is 47.4 Å². The maximum Gasteiger partial charge on any atom is 0.412 e. The van der Waals surface area contributed by atoms with Crippen LogP contribution in [0.3, 0.4) is 0 Å². The van der Waals surface area contributed by atoms with Crippen LogP contribution in [-0.2, 0) is 11.3 Å². The van der Waals surface area contributed by atoms with E-state index in [0.717, 1.165) is 17.3 Å². The van der Waals surface area contributed by atoms with Crippen LogP contribution in [0.2, 0.25) is 5.02 Å². The second kappa shape index (κ2) is 7.69. The quantitative estimate of drug-likeness (QED) is 0.643. The molecule has 0 spiro atoms. The molecule has 112 valence electrons. The third-order valence-corrected chi connectivity index (χ3v) is 3.78. The number of hydrogen-bond donors (Lipinski definition) is 1. The Morgan fingerprint density at radius 2 is 2.05 bits per heavy atom. The van der Waals surface area contributed by atoms with Crippen molar-refractivity contribution in [2.75, 3.05) is 5.32 Å². The molecule has 0 fully saturated rings. The number of carbonyl (C=O) groups excluding carboxylic acids is 1. The number of nitrogens with zero attached hydrogens (tertiary/aromatic N) is 1. The van der Waals surface area contributed by atoms with E-state index < -0.39 is 11.9 Å². The smallest absolute Gasteiger partial charge is 0.412 e. The van der Waals surface area contributed by atoms with Gasteiger partial charge in [0.05, 0.1) is 10.7 Å². The Morgan fingerprint density at radius 1 is 1.32 bits per heavy atom. The lowest BCUT2D eigenvalue weighted by Gasteiger charge is -2.09. The average molecular weight is 337 g/mol. The molecule has 0 aliphatic heterocycles. The van der Waals surface area contributed by atoms with Crippen molar-refractivity contribution in [3.63, 3.8) is 0 Å². The molecule has 7 heteroatoms. The van der Waals surface area contributed by atoms with Crippen LogP contribution in [0.5, 0.6) is 0 Å². The normalized spacial score (nSPS) is 9.86. The van der Waals surface area contributed by atoms with Crippen molar-refractivity contribution in [1.29, 1.82) is 5.26 Å². The van der Waals surface area contributed by atoms with Crippen molar-refractivity contribution < 1.29 is 13.9 Å². The summed E-state index contributed by atoms with van der Waals surface area (Å²) in [4.78, 5) is 11.9. The SMILES string of the molecule is N#CSc1ccc(NC(=O)OCc2ccccc2)c(F)c1Cl. The highest BCUT2D eigenvalue weighted by atomic mass is 35.5. The lowest BCUT2D eigenvalue weighted by Crippen LogP contribution is -2.14. The molecule has 0 unspecified atom stereocenters. The van der Waals surface area contributed by atoms with Crippen LogP contribution in [0.1, 0.15) is 5.56 Å². The van der Waals surface area contributed by atoms with E-state index in [1.54, 1.807) is 17.5 Å². The van der Waals surface area contributed by atoms with Gasteiger partial charge in [-0.25, -0.2) is 9.18 Å². The van der Waals surface area contributed by atoms with E-state index in [-0.39, 0.29) is 22.2 Å². The van der Waals surface area contributed by atoms with E-state index in [2.05, 4.69) is 5.32 Å². The van der Waals surface area contributed by atoms with E-state index in [1.165, 1.54) is 12.1 Å². The molecule has 1 amide bonds. The maximum absolute atomic E-state index is 14.0. The highest BCUT2D eigenvalue weighted by Crippen LogP contribution is 2.32. The predicted octanol–water partition coefficient (Wildman–Crippen LogP) is 4.80. The van der Waals surface area contributed by atoms with Crippen LogP contribution < -0.4 is 5.32 Å². The van der Waals surface area contributed by atoms with Crippen molar-refractivity contribution in [3.8, 4) is 5.40 Å². The fraction of sp³-hybridized carbons (Fsp3) is 0.0667. The van der Waals surface area contributed by atoms with Gasteiger partial charge < -0.3 is 4.74 Å². The molecule has 1 N–H and O–H groups in total. The minimum atomic E-state index is -0.807. The lowest BCUT2D eigenvalue weighted by molar-refractivity contribution is 0.155. The highest BCUT2D eigenvalue weighted by Gasteiger charge is 2.14. The number of ether oxygens (including phenoxy) is 1. The van der Waals surface area contributed by atoms with Crippen LogP contribution >= 0.6 is 23.4 Å². The molecule has 22 heavy (non-hydrogen) atoms. The topological polar surface area (TPSA) is 62.1 Å². The van der Waals surface area contributed by atoms with Gasteiger partial charge in [-0.2, -0.15) is 5.26 Å². The fourth-order valence-electron chi connectivity index (χ4n) is 1.63. The van der Waals surface area contributed by atoms with Gasteiger partial charge in [-0.3, -0.25) is 5.32 Å². The van der Waals surface area contributed by atoms with Crippen LogP contribution in [-0.4, -0.2) is 6.09 Å². The number of hydrogen-bond acceptors (Lipinski definition) is 4. The highest BCUT2D eigenvalue weighted by molar-refractivity contribution is 8.03. The van der Waals surface area contributed by atoms with Gasteiger partial charge in [0.25, 0.3) is 0 Å². The molecule has 0 atom stereocenters. The van der Waals surface area contributed by atoms with Crippen LogP contribution in [0.4, 0.5) is 14.9 Å². The molecule has 2 aromatic carbocycles. The Hall–Kier alpha value is -2.23. The Morgan fingerprint density at radius 3 is 2.73 bits per heavy atom. The zero-order chi connectivity index (χ0) is 15.9. The van der Waals surface area contributed by atoms with E-state index in [1.807, 2.05) is 18.2 Å². The molecule has 0 aromatic heterocycles. The summed E-state index contributed by atoms with van der Waals surface area (Å²) in [6.07, 6.45) is -0.792. The molecule has 4 nitrogen and oxygen atoms in total. The molecule has 0 saturated heterocycles. The van der Waals surface area contributed by atoms with Gasteiger partial charge in [0, 0.05) is 4.90 Å². The first-order chi connectivity index (χ1) is 10.6. The third-order valence-electron chi connectivity index (χ3n) is 2.65. The number of amides is 1. The van der Waals surface area contributed by atoms with Gasteiger partial charge in [0.1, 0.15) is 12.0 Å². The second-order valence-corrected chi connectivity index (χ2v) is 5.32. The standard InChI is InChI=1S/C15H10ClFN2O2S/c16-13-12(22-9-18)7-6-11(14(13)17)19-15(20)21-8-10-4-2-1-3-5-10/h1-7H,8H2,(H,19,20). The molecule has 0 saturated carbocycles. The number of carbonyl (C=O) groups is 1. The van der Waals surface area contributed by atoms with Crippen LogP contribution in [0, 0.1) is 16.5 Å². The molecule has 0 aliphatic rings. The van der Waals surface area contributed by atoms with E-state index in [4.69, 9.17) is 21.6 Å². The van der Waals surface area contributed by atoms with E-state index >= 15 is 0 Å². The molecular formula is C15H10ClFN2O2S. The van der Waals surface area contributed by atoms with Crippen LogP contribution in [0.25, 0.3) is 0 Å². The second-order valence-electron chi connectivity index (χ2n) is 4.12. The summed E-state index contributed by atoms with van der Waals surface area (Å²) in [5, 5.41) is 12.4. The Balaban J connectivity index is 2.00. The first kappa shape index (κ1) is 16.1. The summed E-state index contributed by atoms with van der Waals surface area (Å²) in [5.41, 5.74) is 0.710. The molecular weight excluding hydrogens is 327 g/mol. The molecule has 2 aromatic rings. The summed E-state index contributed by atoms with van der Waals surface area (Å²) in [5.74, 6) is -0.807. The minimum Gasteiger partial charge on any atom is -0.444 e. The molecule has 0 aliphatic carbocycles. The first-order valence-electron chi connectivity index (χ1n) is 6.13. The largest absolute Gasteiger partial charge is 0.444 e. The van der Waals surface area contributed by atoms with Gasteiger partial charge in [-0.15, -0.1) is 0 Å². The molecule has 0 heterocycles. The Bertz CT molecular complexity index is 719. The number of halogens is 2. The number of rotatable bonds is 4. The van der Waals surface area contributed by atoms with E-state index in [0.29, 0.717) is 0 Å². The van der Waals surface area contributed by atoms with Crippen molar-refractivity contribution in [2.45, 2.75) is 11.5 Å². The molecule has 0 bridgehead atoms. The monoisotopic (exact) mass is 336 g/mol. The summed E-state index contributed by atoms with van der Waals surface area (Å²) in [7, 11) is 0. The van der Waals surface area contributed by atoms with E-state index in [9.17, 15) is 9.18 Å². The predicted molar refractivity (Wildman–Crippen MR) is 83.1 cm³/mol. The zero-order valence-corrected chi connectivity index (χ0v) is 12.7.